The standard InChI is InChI=1S/C20H19ClN2O6/c1-3-28-18-7-5-4-6-16(18)22-20(25)13(2)29-19(24)11-9-14-8-10-15(21)17(12-14)23(26)27/h4-13H,3H2,1-2H3,(H,22,25)/b11-9+. The van der Waals surface area contributed by atoms with Crippen molar-refractivity contribution in [1.29, 1.82) is 0 Å². The Bertz CT molecular complexity index is 944. The number of benzene rings is 2. The monoisotopic (exact) mass is 418 g/mol. The van der Waals surface area contributed by atoms with Gasteiger partial charge in [-0.15, -0.1) is 0 Å². The lowest BCUT2D eigenvalue weighted by molar-refractivity contribution is -0.384. The molecule has 2 aromatic rings. The average Bonchev–Trinajstić information content (AvgIpc) is 2.68. The summed E-state index contributed by atoms with van der Waals surface area (Å²) < 4.78 is 10.5. The number of nitro benzene ring substituents is 1. The second-order valence-corrected chi connectivity index (χ2v) is 6.21. The maximum atomic E-state index is 12.3. The highest BCUT2D eigenvalue weighted by Crippen LogP contribution is 2.26. The minimum absolute atomic E-state index is 0.00708. The molecule has 1 unspecified atom stereocenters. The normalized spacial score (nSPS) is 11.7. The summed E-state index contributed by atoms with van der Waals surface area (Å²) >= 11 is 5.74. The molecule has 2 rings (SSSR count). The fourth-order valence-electron chi connectivity index (χ4n) is 2.29. The first-order valence-corrected chi connectivity index (χ1v) is 9.05. The van der Waals surface area contributed by atoms with Crippen molar-refractivity contribution < 1.29 is 24.0 Å². The Hall–Kier alpha value is -3.39. The number of hydrogen-bond acceptors (Lipinski definition) is 6. The van der Waals surface area contributed by atoms with Crippen LogP contribution < -0.4 is 10.1 Å². The molecular weight excluding hydrogens is 400 g/mol. The molecule has 0 saturated heterocycles. The van der Waals surface area contributed by atoms with Crippen molar-refractivity contribution in [2.75, 3.05) is 11.9 Å². The Kier molecular flexibility index (Phi) is 7.73. The number of carbonyl (C=O) groups is 2. The van der Waals surface area contributed by atoms with E-state index in [1.807, 2.05) is 6.92 Å². The zero-order chi connectivity index (χ0) is 21.4. The number of halogens is 1. The van der Waals surface area contributed by atoms with Gasteiger partial charge in [-0.2, -0.15) is 0 Å². The van der Waals surface area contributed by atoms with Crippen molar-refractivity contribution in [3.8, 4) is 5.75 Å². The molecule has 29 heavy (non-hydrogen) atoms. The molecule has 0 aromatic heterocycles. The molecule has 8 nitrogen and oxygen atoms in total. The van der Waals surface area contributed by atoms with E-state index in [4.69, 9.17) is 21.1 Å². The number of nitrogens with one attached hydrogen (secondary N) is 1. The lowest BCUT2D eigenvalue weighted by atomic mass is 10.2. The molecule has 0 fully saturated rings. The molecule has 0 aliphatic carbocycles. The molecule has 0 heterocycles. The number of carbonyl (C=O) groups excluding carboxylic acids is 2. The van der Waals surface area contributed by atoms with Gasteiger partial charge < -0.3 is 14.8 Å². The van der Waals surface area contributed by atoms with Crippen molar-refractivity contribution in [3.63, 3.8) is 0 Å². The minimum atomic E-state index is -1.07. The minimum Gasteiger partial charge on any atom is -0.492 e. The lowest BCUT2D eigenvalue weighted by Crippen LogP contribution is -2.29. The summed E-state index contributed by atoms with van der Waals surface area (Å²) in [6, 6.07) is 11.0. The van der Waals surface area contributed by atoms with Crippen molar-refractivity contribution in [1.82, 2.24) is 0 Å². The average molecular weight is 419 g/mol. The van der Waals surface area contributed by atoms with Gasteiger partial charge in [0.2, 0.25) is 0 Å². The number of nitro groups is 1. The Labute approximate surface area is 172 Å². The Morgan fingerprint density at radius 3 is 2.69 bits per heavy atom. The third-order valence-corrected chi connectivity index (χ3v) is 4.01. The molecular formula is C20H19ClN2O6. The molecule has 1 N–H and O–H groups in total. The van der Waals surface area contributed by atoms with Crippen LogP contribution in [0.1, 0.15) is 19.4 Å². The van der Waals surface area contributed by atoms with Crippen molar-refractivity contribution >= 4 is 40.9 Å². The van der Waals surface area contributed by atoms with Crippen LogP contribution in [0, 0.1) is 10.1 Å². The molecule has 0 radical (unpaired) electrons. The fourth-order valence-corrected chi connectivity index (χ4v) is 2.48. The number of para-hydroxylation sites is 2. The number of hydrogen-bond donors (Lipinski definition) is 1. The predicted octanol–water partition coefficient (Wildman–Crippen LogP) is 4.23. The van der Waals surface area contributed by atoms with Gasteiger partial charge in [-0.1, -0.05) is 29.8 Å². The maximum Gasteiger partial charge on any atom is 0.331 e. The second-order valence-electron chi connectivity index (χ2n) is 5.80. The van der Waals surface area contributed by atoms with Gasteiger partial charge in [0.1, 0.15) is 10.8 Å². The van der Waals surface area contributed by atoms with Gasteiger partial charge in [-0.25, -0.2) is 4.79 Å². The van der Waals surface area contributed by atoms with Crippen LogP contribution >= 0.6 is 11.6 Å². The van der Waals surface area contributed by atoms with Crippen LogP contribution in [0.15, 0.2) is 48.5 Å². The summed E-state index contributed by atoms with van der Waals surface area (Å²) in [7, 11) is 0. The summed E-state index contributed by atoms with van der Waals surface area (Å²) in [4.78, 5) is 34.5. The summed E-state index contributed by atoms with van der Waals surface area (Å²) in [5.41, 5.74) is 0.579. The van der Waals surface area contributed by atoms with Gasteiger partial charge in [0.05, 0.1) is 17.2 Å². The van der Waals surface area contributed by atoms with Gasteiger partial charge in [-0.3, -0.25) is 14.9 Å². The first kappa shape index (κ1) is 21.9. The number of nitrogens with zero attached hydrogens (tertiary/aromatic N) is 1. The highest BCUT2D eigenvalue weighted by molar-refractivity contribution is 6.32. The number of ether oxygens (including phenoxy) is 2. The predicted molar refractivity (Wildman–Crippen MR) is 109 cm³/mol. The third kappa shape index (κ3) is 6.32. The quantitative estimate of drug-likeness (QED) is 0.297. The van der Waals surface area contributed by atoms with Crippen molar-refractivity contribution in [2.24, 2.45) is 0 Å². The van der Waals surface area contributed by atoms with Crippen LogP contribution in [0.4, 0.5) is 11.4 Å². The topological polar surface area (TPSA) is 108 Å². The highest BCUT2D eigenvalue weighted by atomic mass is 35.5. The van der Waals surface area contributed by atoms with Crippen LogP contribution in [0.5, 0.6) is 5.75 Å². The Balaban J connectivity index is 1.98. The number of esters is 1. The second kappa shape index (κ2) is 10.2. The van der Waals surface area contributed by atoms with E-state index in [0.29, 0.717) is 23.6 Å². The van der Waals surface area contributed by atoms with Gasteiger partial charge in [-0.05, 0) is 43.7 Å². The third-order valence-electron chi connectivity index (χ3n) is 3.69. The van der Waals surface area contributed by atoms with E-state index in [2.05, 4.69) is 5.32 Å². The van der Waals surface area contributed by atoms with Gasteiger partial charge >= 0.3 is 5.97 Å². The number of rotatable bonds is 8. The van der Waals surface area contributed by atoms with Crippen LogP contribution in [0.2, 0.25) is 5.02 Å². The summed E-state index contributed by atoms with van der Waals surface area (Å²) in [5.74, 6) is -0.796. The van der Waals surface area contributed by atoms with Crippen molar-refractivity contribution in [3.05, 3.63) is 69.2 Å². The maximum absolute atomic E-state index is 12.3. The van der Waals surface area contributed by atoms with Crippen LogP contribution in [0.3, 0.4) is 0 Å². The van der Waals surface area contributed by atoms with E-state index < -0.39 is 22.9 Å². The summed E-state index contributed by atoms with van der Waals surface area (Å²) in [6.45, 7) is 3.69. The SMILES string of the molecule is CCOc1ccccc1NC(=O)C(C)OC(=O)/C=C/c1ccc(Cl)c([N+](=O)[O-])c1. The van der Waals surface area contributed by atoms with E-state index in [1.54, 1.807) is 24.3 Å². The summed E-state index contributed by atoms with van der Waals surface area (Å²) in [6.07, 6.45) is 1.34. The lowest BCUT2D eigenvalue weighted by Gasteiger charge is -2.15. The number of anilines is 1. The molecule has 1 atom stereocenters. The molecule has 0 aliphatic rings. The van der Waals surface area contributed by atoms with E-state index in [9.17, 15) is 19.7 Å². The molecule has 0 spiro atoms. The zero-order valence-corrected chi connectivity index (χ0v) is 16.5. The van der Waals surface area contributed by atoms with Crippen molar-refractivity contribution in [2.45, 2.75) is 20.0 Å². The van der Waals surface area contributed by atoms with Crippen LogP contribution in [-0.2, 0) is 14.3 Å². The van der Waals surface area contributed by atoms with E-state index in [1.165, 1.54) is 31.2 Å². The molecule has 9 heteroatoms. The van der Waals surface area contributed by atoms with Crippen LogP contribution in [0.25, 0.3) is 6.08 Å². The first-order valence-electron chi connectivity index (χ1n) is 8.67. The smallest absolute Gasteiger partial charge is 0.331 e. The highest BCUT2D eigenvalue weighted by Gasteiger charge is 2.18. The van der Waals surface area contributed by atoms with E-state index in [0.717, 1.165) is 6.08 Å². The van der Waals surface area contributed by atoms with Crippen LogP contribution in [-0.4, -0.2) is 29.5 Å². The molecule has 0 bridgehead atoms. The number of amides is 1. The first-order chi connectivity index (χ1) is 13.8. The Morgan fingerprint density at radius 2 is 2.00 bits per heavy atom. The van der Waals surface area contributed by atoms with Gasteiger partial charge in [0.25, 0.3) is 11.6 Å². The van der Waals surface area contributed by atoms with E-state index in [-0.39, 0.29) is 10.7 Å². The van der Waals surface area contributed by atoms with E-state index >= 15 is 0 Å². The molecule has 0 saturated carbocycles. The van der Waals surface area contributed by atoms with Gasteiger partial charge in [0, 0.05) is 12.1 Å². The molecule has 2 aromatic carbocycles. The summed E-state index contributed by atoms with van der Waals surface area (Å²) in [5, 5.41) is 13.5. The largest absolute Gasteiger partial charge is 0.492 e. The zero-order valence-electron chi connectivity index (χ0n) is 15.8. The van der Waals surface area contributed by atoms with Gasteiger partial charge in [0.15, 0.2) is 6.10 Å². The Morgan fingerprint density at radius 1 is 1.28 bits per heavy atom. The molecule has 0 aliphatic heterocycles. The molecule has 1 amide bonds. The molecule has 152 valence electrons. The fraction of sp³-hybridized carbons (Fsp3) is 0.200.